The molecule has 2 nitrogen and oxygen atoms in total. The quantitative estimate of drug-likeness (QED) is 0.147. The van der Waals surface area contributed by atoms with Crippen LogP contribution in [0.5, 0.6) is 0 Å². The van der Waals surface area contributed by atoms with E-state index in [1.165, 1.54) is 143 Å². The maximum Gasteiger partial charge on any atom is 0.0541 e. The van der Waals surface area contributed by atoms with Crippen LogP contribution in [0.2, 0.25) is 0 Å². The van der Waals surface area contributed by atoms with E-state index in [1.807, 2.05) is 0 Å². The zero-order chi connectivity index (χ0) is 45.6. The SMILES string of the molecule is Cc1cc(-n2c3ccccc3c3ccccc32)c(C)cc1-c1ccc2c(-c3ccccc3)c3cc(-c4cc(C)c(-n5c6ccccc6c6ccccc65)cc4C)ccc3c(-c3ccccc3)c2c1. The lowest BCUT2D eigenvalue weighted by molar-refractivity contribution is 1.14. The molecule has 2 aromatic heterocycles. The predicted octanol–water partition coefficient (Wildman–Crippen LogP) is 18.1. The summed E-state index contributed by atoms with van der Waals surface area (Å²) >= 11 is 0. The lowest BCUT2D eigenvalue weighted by atomic mass is 9.83. The second-order valence-electron chi connectivity index (χ2n) is 18.6. The van der Waals surface area contributed by atoms with Crippen molar-refractivity contribution in [2.45, 2.75) is 27.7 Å². The van der Waals surface area contributed by atoms with Crippen LogP contribution in [-0.2, 0) is 0 Å². The van der Waals surface area contributed by atoms with Crippen LogP contribution in [0, 0.1) is 27.7 Å². The van der Waals surface area contributed by atoms with Crippen LogP contribution in [0.1, 0.15) is 22.3 Å². The summed E-state index contributed by atoms with van der Waals surface area (Å²) in [5.41, 5.74) is 22.2. The van der Waals surface area contributed by atoms with Crippen molar-refractivity contribution in [3.63, 3.8) is 0 Å². The third-order valence-corrected chi connectivity index (χ3v) is 14.6. The van der Waals surface area contributed by atoms with Gasteiger partial charge >= 0.3 is 0 Å². The Morgan fingerprint density at radius 1 is 0.235 bits per heavy atom. The summed E-state index contributed by atoms with van der Waals surface area (Å²) in [6.07, 6.45) is 0. The molecule has 0 N–H and O–H groups in total. The third kappa shape index (κ3) is 6.11. The van der Waals surface area contributed by atoms with Crippen molar-refractivity contribution in [2.24, 2.45) is 0 Å². The van der Waals surface area contributed by atoms with Crippen LogP contribution >= 0.6 is 0 Å². The Hall–Kier alpha value is -8.46. The Balaban J connectivity index is 1.01. The fraction of sp³-hybridized carbons (Fsp3) is 0.0606. The number of fused-ring (bicyclic) bond motifs is 8. The Morgan fingerprint density at radius 2 is 0.559 bits per heavy atom. The van der Waals surface area contributed by atoms with E-state index in [2.05, 4.69) is 255 Å². The van der Waals surface area contributed by atoms with E-state index in [0.29, 0.717) is 0 Å². The molecule has 0 amide bonds. The zero-order valence-electron chi connectivity index (χ0n) is 38.7. The van der Waals surface area contributed by atoms with Crippen molar-refractivity contribution >= 4 is 65.2 Å². The molecule has 0 spiro atoms. The van der Waals surface area contributed by atoms with Gasteiger partial charge in [-0.2, -0.15) is 0 Å². The largest absolute Gasteiger partial charge is 0.309 e. The Morgan fingerprint density at radius 3 is 0.912 bits per heavy atom. The molecule has 2 heterocycles. The van der Waals surface area contributed by atoms with E-state index < -0.39 is 0 Å². The summed E-state index contributed by atoms with van der Waals surface area (Å²) in [6.45, 7) is 9.06. The second kappa shape index (κ2) is 15.6. The molecular formula is C66H48N2. The average Bonchev–Trinajstić information content (AvgIpc) is 3.90. The first-order valence-corrected chi connectivity index (χ1v) is 23.8. The molecule has 11 aromatic carbocycles. The molecule has 13 rings (SSSR count). The molecule has 0 atom stereocenters. The molecule has 0 aliphatic rings. The number of hydrogen-bond acceptors (Lipinski definition) is 0. The molecule has 13 aromatic rings. The van der Waals surface area contributed by atoms with Crippen LogP contribution in [0.4, 0.5) is 0 Å². The molecule has 0 saturated carbocycles. The summed E-state index contributed by atoms with van der Waals surface area (Å²) < 4.78 is 4.89. The van der Waals surface area contributed by atoms with Crippen molar-refractivity contribution in [2.75, 3.05) is 0 Å². The fourth-order valence-corrected chi connectivity index (χ4v) is 11.5. The number of aryl methyl sites for hydroxylation is 4. The molecule has 0 aliphatic carbocycles. The maximum atomic E-state index is 2.46. The first kappa shape index (κ1) is 39.9. The minimum Gasteiger partial charge on any atom is -0.309 e. The van der Waals surface area contributed by atoms with E-state index in [0.717, 1.165) is 0 Å². The van der Waals surface area contributed by atoms with Gasteiger partial charge < -0.3 is 9.13 Å². The Kier molecular flexibility index (Phi) is 9.13. The lowest BCUT2D eigenvalue weighted by Gasteiger charge is -2.21. The zero-order valence-corrected chi connectivity index (χ0v) is 38.7. The van der Waals surface area contributed by atoms with Crippen molar-refractivity contribution < 1.29 is 0 Å². The molecule has 0 fully saturated rings. The molecule has 0 aliphatic heterocycles. The van der Waals surface area contributed by atoms with E-state index in [1.54, 1.807) is 0 Å². The summed E-state index contributed by atoms with van der Waals surface area (Å²) in [6, 6.07) is 81.1. The second-order valence-corrected chi connectivity index (χ2v) is 18.6. The summed E-state index contributed by atoms with van der Waals surface area (Å²) in [5.74, 6) is 0. The van der Waals surface area contributed by atoms with Gasteiger partial charge in [0.2, 0.25) is 0 Å². The first-order valence-electron chi connectivity index (χ1n) is 23.8. The Bertz CT molecular complexity index is 3790. The molecule has 0 radical (unpaired) electrons. The molecule has 322 valence electrons. The summed E-state index contributed by atoms with van der Waals surface area (Å²) in [4.78, 5) is 0. The van der Waals surface area contributed by atoms with Gasteiger partial charge in [-0.1, -0.05) is 158 Å². The van der Waals surface area contributed by atoms with Gasteiger partial charge in [0.15, 0.2) is 0 Å². The number of nitrogens with zero attached hydrogens (tertiary/aromatic N) is 2. The molecular weight excluding hydrogens is 821 g/mol. The standard InChI is InChI=1S/C66H48N2/c1-41-37-63(67-59-27-15-11-23-49(59)50-24-12-16-28-60(50)67)43(3)35-55(41)47-31-33-53-57(39-47)65(45-19-7-5-8-20-45)54-34-32-48(40-58(54)66(53)46-21-9-6-10-22-46)56-36-44(4)64(38-42(56)2)68-61-29-17-13-25-51(61)52-26-14-18-30-62(52)68/h5-40H,1-4H3. The van der Waals surface area contributed by atoms with Crippen LogP contribution in [0.15, 0.2) is 218 Å². The van der Waals surface area contributed by atoms with Gasteiger partial charge in [-0.15, -0.1) is 0 Å². The lowest BCUT2D eigenvalue weighted by Crippen LogP contribution is -1.99. The highest BCUT2D eigenvalue weighted by Crippen LogP contribution is 2.47. The van der Waals surface area contributed by atoms with Gasteiger partial charge in [0.25, 0.3) is 0 Å². The summed E-state index contributed by atoms with van der Waals surface area (Å²) in [5, 5.41) is 10.1. The predicted molar refractivity (Wildman–Crippen MR) is 291 cm³/mol. The summed E-state index contributed by atoms with van der Waals surface area (Å²) in [7, 11) is 0. The first-order chi connectivity index (χ1) is 33.4. The highest BCUT2D eigenvalue weighted by molar-refractivity contribution is 6.22. The van der Waals surface area contributed by atoms with E-state index in [4.69, 9.17) is 0 Å². The van der Waals surface area contributed by atoms with E-state index >= 15 is 0 Å². The number of para-hydroxylation sites is 4. The molecule has 0 saturated heterocycles. The number of benzene rings is 11. The molecule has 0 bridgehead atoms. The van der Waals surface area contributed by atoms with E-state index in [9.17, 15) is 0 Å². The van der Waals surface area contributed by atoms with Gasteiger partial charge in [-0.05, 0) is 177 Å². The minimum atomic E-state index is 1.21. The fourth-order valence-electron chi connectivity index (χ4n) is 11.5. The van der Waals surface area contributed by atoms with Crippen molar-refractivity contribution in [1.82, 2.24) is 9.13 Å². The molecule has 68 heavy (non-hydrogen) atoms. The highest BCUT2D eigenvalue weighted by Gasteiger charge is 2.22. The van der Waals surface area contributed by atoms with Crippen molar-refractivity contribution in [3.05, 3.63) is 241 Å². The smallest absolute Gasteiger partial charge is 0.0541 e. The average molecular weight is 869 g/mol. The Labute approximate surface area is 396 Å². The van der Waals surface area contributed by atoms with Crippen LogP contribution in [0.25, 0.3) is 121 Å². The van der Waals surface area contributed by atoms with Crippen LogP contribution < -0.4 is 0 Å². The molecule has 0 unspecified atom stereocenters. The van der Waals surface area contributed by atoms with Crippen LogP contribution in [0.3, 0.4) is 0 Å². The van der Waals surface area contributed by atoms with Gasteiger partial charge in [0.05, 0.1) is 22.1 Å². The van der Waals surface area contributed by atoms with Gasteiger partial charge in [-0.3, -0.25) is 0 Å². The minimum absolute atomic E-state index is 1.21. The number of aromatic nitrogens is 2. The number of hydrogen-bond donors (Lipinski definition) is 0. The van der Waals surface area contributed by atoms with Crippen molar-refractivity contribution in [1.29, 1.82) is 0 Å². The van der Waals surface area contributed by atoms with Crippen molar-refractivity contribution in [3.8, 4) is 55.9 Å². The third-order valence-electron chi connectivity index (χ3n) is 14.6. The number of rotatable bonds is 6. The van der Waals surface area contributed by atoms with Gasteiger partial charge in [0, 0.05) is 32.9 Å². The molecule has 2 heteroatoms. The van der Waals surface area contributed by atoms with E-state index in [-0.39, 0.29) is 0 Å². The van der Waals surface area contributed by atoms with Gasteiger partial charge in [0.1, 0.15) is 0 Å². The van der Waals surface area contributed by atoms with Crippen LogP contribution in [-0.4, -0.2) is 9.13 Å². The maximum absolute atomic E-state index is 2.46. The topological polar surface area (TPSA) is 9.86 Å². The highest BCUT2D eigenvalue weighted by atomic mass is 15.0. The normalized spacial score (nSPS) is 11.8. The van der Waals surface area contributed by atoms with Gasteiger partial charge in [-0.25, -0.2) is 0 Å². The monoisotopic (exact) mass is 868 g/mol.